The number of hydrogen-bond acceptors (Lipinski definition) is 4. The van der Waals surface area contributed by atoms with E-state index in [1.54, 1.807) is 0 Å². The highest BCUT2D eigenvalue weighted by atomic mass is 32.2. The number of aromatic nitrogens is 2. The van der Waals surface area contributed by atoms with E-state index in [1.807, 2.05) is 6.92 Å². The first-order chi connectivity index (χ1) is 8.61. The number of amides is 1. The van der Waals surface area contributed by atoms with Crippen LogP contribution >= 0.6 is 0 Å². The topological polar surface area (TPSA) is 101 Å². The van der Waals surface area contributed by atoms with Crippen LogP contribution in [0.1, 0.15) is 35.9 Å². The van der Waals surface area contributed by atoms with Crippen molar-refractivity contribution >= 4 is 22.4 Å². The van der Waals surface area contributed by atoms with Gasteiger partial charge in [-0.05, 0) is 19.3 Å². The number of rotatable bonds is 3. The van der Waals surface area contributed by atoms with Gasteiger partial charge >= 0.3 is 0 Å². The Bertz CT molecular complexity index is 462. The number of nitrogens with two attached hydrogens (primary N) is 1. The molecule has 6 nitrogen and oxygen atoms in total. The summed E-state index contributed by atoms with van der Waals surface area (Å²) in [5.41, 5.74) is 7.31. The number of H-pyrrole nitrogens is 1. The van der Waals surface area contributed by atoms with Crippen molar-refractivity contribution in [1.29, 1.82) is 0 Å². The van der Waals surface area contributed by atoms with Crippen LogP contribution in [0.4, 0.5) is 5.69 Å². The number of anilines is 1. The summed E-state index contributed by atoms with van der Waals surface area (Å²) in [6.07, 6.45) is 2.22. The average molecular weight is 270 g/mol. The first-order valence-corrected chi connectivity index (χ1v) is 7.59. The summed E-state index contributed by atoms with van der Waals surface area (Å²) < 4.78 is 11.2. The molecule has 1 amide bonds. The molecule has 0 spiro atoms. The largest absolute Gasteiger partial charge is 0.395 e. The van der Waals surface area contributed by atoms with Gasteiger partial charge in [0.15, 0.2) is 5.69 Å². The third-order valence-corrected chi connectivity index (χ3v) is 4.56. The van der Waals surface area contributed by atoms with Gasteiger partial charge in [0.2, 0.25) is 0 Å². The zero-order valence-electron chi connectivity index (χ0n) is 10.4. The average Bonchev–Trinajstić information content (AvgIpc) is 2.73. The molecule has 1 fully saturated rings. The van der Waals surface area contributed by atoms with Gasteiger partial charge in [0.1, 0.15) is 0 Å². The number of aryl methyl sites for hydroxylation is 1. The second-order valence-electron chi connectivity index (χ2n) is 4.41. The lowest BCUT2D eigenvalue weighted by atomic mass is 10.1. The fourth-order valence-corrected chi connectivity index (χ4v) is 3.32. The molecule has 0 bridgehead atoms. The first kappa shape index (κ1) is 13.1. The minimum atomic E-state index is -0.720. The van der Waals surface area contributed by atoms with Crippen LogP contribution in [0.25, 0.3) is 0 Å². The standard InChI is InChI=1S/C11H18N4O2S/c1-2-8-9(12)10(15-14-8)11(16)13-7-3-5-18(17)6-4-7/h7H,2-6,12H2,1H3,(H,13,16)(H,14,15). The summed E-state index contributed by atoms with van der Waals surface area (Å²) in [7, 11) is -0.720. The molecule has 1 aromatic rings. The Morgan fingerprint density at radius 2 is 2.22 bits per heavy atom. The highest BCUT2D eigenvalue weighted by Crippen LogP contribution is 2.15. The van der Waals surface area contributed by atoms with E-state index in [2.05, 4.69) is 15.5 Å². The maximum atomic E-state index is 12.0. The Kier molecular flexibility index (Phi) is 4.00. The van der Waals surface area contributed by atoms with Crippen molar-refractivity contribution < 1.29 is 9.00 Å². The van der Waals surface area contributed by atoms with Crippen LogP contribution in [0.15, 0.2) is 0 Å². The zero-order chi connectivity index (χ0) is 13.1. The van der Waals surface area contributed by atoms with Gasteiger partial charge in [0.05, 0.1) is 11.4 Å². The van der Waals surface area contributed by atoms with Crippen LogP contribution in [0.5, 0.6) is 0 Å². The van der Waals surface area contributed by atoms with Crippen molar-refractivity contribution in [2.75, 3.05) is 17.2 Å². The number of nitrogens with one attached hydrogen (secondary N) is 2. The van der Waals surface area contributed by atoms with Crippen molar-refractivity contribution in [3.8, 4) is 0 Å². The second kappa shape index (κ2) is 5.51. The molecule has 18 heavy (non-hydrogen) atoms. The summed E-state index contributed by atoms with van der Waals surface area (Å²) in [6, 6.07) is 0.0800. The molecule has 0 radical (unpaired) electrons. The molecular weight excluding hydrogens is 252 g/mol. The van der Waals surface area contributed by atoms with Crippen molar-refractivity contribution in [2.24, 2.45) is 0 Å². The molecule has 1 aliphatic rings. The smallest absolute Gasteiger partial charge is 0.274 e. The maximum absolute atomic E-state index is 12.0. The van der Waals surface area contributed by atoms with E-state index in [9.17, 15) is 9.00 Å². The third-order valence-electron chi connectivity index (χ3n) is 3.17. The lowest BCUT2D eigenvalue weighted by Crippen LogP contribution is -2.39. The van der Waals surface area contributed by atoms with Gasteiger partial charge in [-0.25, -0.2) is 0 Å². The lowest BCUT2D eigenvalue weighted by Gasteiger charge is -2.22. The first-order valence-electron chi connectivity index (χ1n) is 6.10. The minimum absolute atomic E-state index is 0.0800. The molecule has 1 aromatic heterocycles. The van der Waals surface area contributed by atoms with Gasteiger partial charge in [0.25, 0.3) is 5.91 Å². The predicted octanol–water partition coefficient (Wildman–Crippen LogP) is 0.195. The number of nitrogens with zero attached hydrogens (tertiary/aromatic N) is 1. The molecule has 1 aliphatic heterocycles. The van der Waals surface area contributed by atoms with Gasteiger partial charge in [0, 0.05) is 28.3 Å². The van der Waals surface area contributed by atoms with Crippen LogP contribution in [-0.4, -0.2) is 37.9 Å². The van der Waals surface area contributed by atoms with Crippen LogP contribution in [0, 0.1) is 0 Å². The van der Waals surface area contributed by atoms with Crippen LogP contribution in [0.3, 0.4) is 0 Å². The molecule has 7 heteroatoms. The number of hydrogen-bond donors (Lipinski definition) is 3. The molecule has 0 saturated carbocycles. The minimum Gasteiger partial charge on any atom is -0.395 e. The Hall–Kier alpha value is -1.37. The van der Waals surface area contributed by atoms with E-state index in [0.717, 1.165) is 18.5 Å². The molecule has 0 unspecified atom stereocenters. The van der Waals surface area contributed by atoms with Crippen molar-refractivity contribution in [1.82, 2.24) is 15.5 Å². The normalized spacial score (nSPS) is 23.8. The fraction of sp³-hybridized carbons (Fsp3) is 0.636. The van der Waals surface area contributed by atoms with Gasteiger partial charge in [-0.1, -0.05) is 6.92 Å². The number of aromatic amines is 1. The maximum Gasteiger partial charge on any atom is 0.274 e. The number of nitrogen functional groups attached to an aromatic ring is 1. The Labute approximate surface area is 108 Å². The zero-order valence-corrected chi connectivity index (χ0v) is 11.2. The Balaban J connectivity index is 1.99. The van der Waals surface area contributed by atoms with E-state index in [1.165, 1.54) is 0 Å². The van der Waals surface area contributed by atoms with E-state index < -0.39 is 10.8 Å². The highest BCUT2D eigenvalue weighted by Gasteiger charge is 2.23. The monoisotopic (exact) mass is 270 g/mol. The summed E-state index contributed by atoms with van der Waals surface area (Å²) in [5, 5.41) is 9.61. The van der Waals surface area contributed by atoms with Crippen molar-refractivity contribution in [3.05, 3.63) is 11.4 Å². The van der Waals surface area contributed by atoms with E-state index in [0.29, 0.717) is 23.6 Å². The van der Waals surface area contributed by atoms with E-state index in [-0.39, 0.29) is 17.6 Å². The molecule has 0 aromatic carbocycles. The lowest BCUT2D eigenvalue weighted by molar-refractivity contribution is 0.0930. The predicted molar refractivity (Wildman–Crippen MR) is 70.7 cm³/mol. The molecular formula is C11H18N4O2S. The van der Waals surface area contributed by atoms with Crippen molar-refractivity contribution in [2.45, 2.75) is 32.2 Å². The number of carbonyl (C=O) groups is 1. The van der Waals surface area contributed by atoms with Crippen LogP contribution < -0.4 is 11.1 Å². The fourth-order valence-electron chi connectivity index (χ4n) is 2.02. The van der Waals surface area contributed by atoms with Crippen molar-refractivity contribution in [3.63, 3.8) is 0 Å². The van der Waals surface area contributed by atoms with Gasteiger partial charge < -0.3 is 11.1 Å². The number of carbonyl (C=O) groups excluding carboxylic acids is 1. The summed E-state index contributed by atoms with van der Waals surface area (Å²) in [5.74, 6) is 1.06. The summed E-state index contributed by atoms with van der Waals surface area (Å²) >= 11 is 0. The van der Waals surface area contributed by atoms with Crippen LogP contribution in [0.2, 0.25) is 0 Å². The van der Waals surface area contributed by atoms with E-state index >= 15 is 0 Å². The third kappa shape index (κ3) is 2.72. The Morgan fingerprint density at radius 3 is 2.78 bits per heavy atom. The quantitative estimate of drug-likeness (QED) is 0.730. The SMILES string of the molecule is CCc1[nH]nc(C(=O)NC2CCS(=O)CC2)c1N. The van der Waals surface area contributed by atoms with Crippen LogP contribution in [-0.2, 0) is 17.2 Å². The molecule has 2 heterocycles. The molecule has 1 saturated heterocycles. The second-order valence-corrected chi connectivity index (χ2v) is 6.11. The molecule has 100 valence electrons. The van der Waals surface area contributed by atoms with Gasteiger partial charge in [-0.15, -0.1) is 0 Å². The van der Waals surface area contributed by atoms with E-state index in [4.69, 9.17) is 5.73 Å². The molecule has 2 rings (SSSR count). The summed E-state index contributed by atoms with van der Waals surface area (Å²) in [4.78, 5) is 12.0. The molecule has 4 N–H and O–H groups in total. The molecule has 0 aliphatic carbocycles. The Morgan fingerprint density at radius 1 is 1.56 bits per heavy atom. The van der Waals surface area contributed by atoms with Gasteiger partial charge in [-0.3, -0.25) is 14.1 Å². The summed E-state index contributed by atoms with van der Waals surface area (Å²) in [6.45, 7) is 1.95. The van der Waals surface area contributed by atoms with Gasteiger partial charge in [-0.2, -0.15) is 5.10 Å². The molecule has 0 atom stereocenters. The highest BCUT2D eigenvalue weighted by molar-refractivity contribution is 7.85.